The molecule has 0 radical (unpaired) electrons. The second-order valence-electron chi connectivity index (χ2n) is 8.36. The summed E-state index contributed by atoms with van der Waals surface area (Å²) in [5.41, 5.74) is 2.22. The first-order valence-corrected chi connectivity index (χ1v) is 9.03. The Kier molecular flexibility index (Phi) is 4.82. The molecule has 1 heterocycles. The summed E-state index contributed by atoms with van der Waals surface area (Å²) in [4.78, 5) is 13.3. The monoisotopic (exact) mass is 347 g/mol. The van der Waals surface area contributed by atoms with Crippen molar-refractivity contribution in [3.63, 3.8) is 0 Å². The minimum absolute atomic E-state index is 0.117. The fraction of sp³-hybridized carbons (Fsp3) is 0.650. The van der Waals surface area contributed by atoms with Crippen LogP contribution in [0.4, 0.5) is 4.79 Å². The van der Waals surface area contributed by atoms with Crippen LogP contribution in [0.2, 0.25) is 0 Å². The third kappa shape index (κ3) is 3.27. The van der Waals surface area contributed by atoms with E-state index in [1.165, 1.54) is 16.0 Å². The molecule has 138 valence electrons. The van der Waals surface area contributed by atoms with Crippen LogP contribution in [0.3, 0.4) is 0 Å². The van der Waals surface area contributed by atoms with Crippen LogP contribution in [0.5, 0.6) is 0 Å². The molecule has 0 saturated carbocycles. The Bertz CT molecular complexity index is 633. The maximum absolute atomic E-state index is 11.8. The highest BCUT2D eigenvalue weighted by Crippen LogP contribution is 2.53. The molecule has 1 aromatic carbocycles. The van der Waals surface area contributed by atoms with Crippen molar-refractivity contribution in [1.29, 1.82) is 0 Å². The molecule has 0 aromatic heterocycles. The molecule has 1 aliphatic heterocycles. The molecular weight excluding hydrogens is 318 g/mol. The molecule has 0 spiro atoms. The van der Waals surface area contributed by atoms with E-state index in [0.717, 1.165) is 19.3 Å². The van der Waals surface area contributed by atoms with Gasteiger partial charge in [-0.1, -0.05) is 45.0 Å². The molecule has 1 N–H and O–H groups in total. The molecule has 1 aliphatic carbocycles. The van der Waals surface area contributed by atoms with Crippen molar-refractivity contribution in [2.75, 3.05) is 20.3 Å². The minimum atomic E-state index is -0.878. The van der Waals surface area contributed by atoms with Crippen LogP contribution in [-0.4, -0.2) is 48.7 Å². The number of nitrogens with zero attached hydrogens (tertiary/aromatic N) is 1. The molecule has 2 aliphatic rings. The third-order valence-electron chi connectivity index (χ3n) is 5.61. The second kappa shape index (κ2) is 6.61. The van der Waals surface area contributed by atoms with E-state index < -0.39 is 6.09 Å². The van der Waals surface area contributed by atoms with Crippen molar-refractivity contribution in [2.45, 2.75) is 57.8 Å². The van der Waals surface area contributed by atoms with Crippen LogP contribution >= 0.6 is 0 Å². The van der Waals surface area contributed by atoms with Gasteiger partial charge < -0.3 is 19.5 Å². The average molecular weight is 347 g/mol. The van der Waals surface area contributed by atoms with Crippen molar-refractivity contribution in [1.82, 2.24) is 4.90 Å². The number of fused-ring (bicyclic) bond motifs is 1. The van der Waals surface area contributed by atoms with Crippen LogP contribution in [-0.2, 0) is 21.3 Å². The molecule has 2 atom stereocenters. The third-order valence-corrected chi connectivity index (χ3v) is 5.61. The number of hydrogen-bond acceptors (Lipinski definition) is 3. The average Bonchev–Trinajstić information content (AvgIpc) is 3.02. The summed E-state index contributed by atoms with van der Waals surface area (Å²) >= 11 is 0. The summed E-state index contributed by atoms with van der Waals surface area (Å²) < 4.78 is 11.3. The molecule has 1 saturated heterocycles. The topological polar surface area (TPSA) is 59.0 Å². The first-order valence-electron chi connectivity index (χ1n) is 9.03. The number of rotatable bonds is 5. The first-order chi connectivity index (χ1) is 11.8. The highest BCUT2D eigenvalue weighted by atomic mass is 16.7. The van der Waals surface area contributed by atoms with Gasteiger partial charge in [-0.3, -0.25) is 0 Å². The summed E-state index contributed by atoms with van der Waals surface area (Å²) in [5.74, 6) is 0. The number of hydrogen-bond donors (Lipinski definition) is 1. The standard InChI is InChI=1S/C20H29NO4/c1-19(2,3)17(21(4)18(22)23)20(10-9-16-24-11-12-25-16)13-14-7-5-6-8-15(14)20/h5-8,16-17H,9-13H2,1-4H3,(H,22,23). The van der Waals surface area contributed by atoms with Crippen LogP contribution in [0.1, 0.15) is 44.7 Å². The van der Waals surface area contributed by atoms with E-state index in [0.29, 0.717) is 13.2 Å². The van der Waals surface area contributed by atoms with E-state index in [-0.39, 0.29) is 23.2 Å². The zero-order chi connectivity index (χ0) is 18.2. The number of carboxylic acid groups (broad SMARTS) is 1. The summed E-state index contributed by atoms with van der Waals surface area (Å²) in [5, 5.41) is 9.70. The predicted molar refractivity (Wildman–Crippen MR) is 95.8 cm³/mol. The maximum atomic E-state index is 11.8. The Balaban J connectivity index is 1.96. The van der Waals surface area contributed by atoms with Crippen molar-refractivity contribution < 1.29 is 19.4 Å². The van der Waals surface area contributed by atoms with Crippen LogP contribution < -0.4 is 0 Å². The Morgan fingerprint density at radius 2 is 1.96 bits per heavy atom. The van der Waals surface area contributed by atoms with Crippen molar-refractivity contribution >= 4 is 6.09 Å². The molecular formula is C20H29NO4. The fourth-order valence-electron chi connectivity index (χ4n) is 4.93. The SMILES string of the molecule is CN(C(=O)O)C(C(C)(C)C)C1(CCC2OCCO2)Cc2ccccc21. The zero-order valence-corrected chi connectivity index (χ0v) is 15.6. The Hall–Kier alpha value is -1.59. The van der Waals surface area contributed by atoms with Crippen molar-refractivity contribution in [3.8, 4) is 0 Å². The molecule has 5 nitrogen and oxygen atoms in total. The highest BCUT2D eigenvalue weighted by Gasteiger charge is 2.54. The summed E-state index contributed by atoms with van der Waals surface area (Å²) in [6.07, 6.45) is 1.50. The lowest BCUT2D eigenvalue weighted by Gasteiger charge is -2.56. The predicted octanol–water partition coefficient (Wildman–Crippen LogP) is 3.66. The molecule has 1 aromatic rings. The summed E-state index contributed by atoms with van der Waals surface area (Å²) in [6, 6.07) is 8.29. The van der Waals surface area contributed by atoms with Gasteiger partial charge in [0.25, 0.3) is 0 Å². The Morgan fingerprint density at radius 3 is 2.52 bits per heavy atom. The van der Waals surface area contributed by atoms with Crippen LogP contribution in [0.25, 0.3) is 0 Å². The van der Waals surface area contributed by atoms with Gasteiger partial charge in [0.15, 0.2) is 6.29 Å². The van der Waals surface area contributed by atoms with Crippen LogP contribution in [0.15, 0.2) is 24.3 Å². The molecule has 2 unspecified atom stereocenters. The summed E-state index contributed by atoms with van der Waals surface area (Å²) in [6.45, 7) is 7.67. The lowest BCUT2D eigenvalue weighted by atomic mass is 9.53. The molecule has 25 heavy (non-hydrogen) atoms. The molecule has 3 rings (SSSR count). The fourth-order valence-corrected chi connectivity index (χ4v) is 4.93. The van der Waals surface area contributed by atoms with E-state index in [1.54, 1.807) is 7.05 Å². The van der Waals surface area contributed by atoms with E-state index >= 15 is 0 Å². The van der Waals surface area contributed by atoms with Gasteiger partial charge in [-0.25, -0.2) is 4.79 Å². The number of amides is 1. The summed E-state index contributed by atoms with van der Waals surface area (Å²) in [7, 11) is 1.70. The normalized spacial score (nSPS) is 24.5. The molecule has 0 bridgehead atoms. The molecule has 1 fully saturated rings. The van der Waals surface area contributed by atoms with Gasteiger partial charge >= 0.3 is 6.09 Å². The number of benzene rings is 1. The maximum Gasteiger partial charge on any atom is 0.407 e. The van der Waals surface area contributed by atoms with Gasteiger partial charge in [-0.05, 0) is 35.8 Å². The van der Waals surface area contributed by atoms with Gasteiger partial charge in [0, 0.05) is 18.5 Å². The van der Waals surface area contributed by atoms with Gasteiger partial charge in [0.2, 0.25) is 0 Å². The number of carbonyl (C=O) groups is 1. The van der Waals surface area contributed by atoms with E-state index in [2.05, 4.69) is 45.0 Å². The quantitative estimate of drug-likeness (QED) is 0.883. The smallest absolute Gasteiger partial charge is 0.407 e. The van der Waals surface area contributed by atoms with Crippen molar-refractivity contribution in [3.05, 3.63) is 35.4 Å². The van der Waals surface area contributed by atoms with E-state index in [1.807, 2.05) is 0 Å². The Morgan fingerprint density at radius 1 is 1.32 bits per heavy atom. The van der Waals surface area contributed by atoms with Crippen molar-refractivity contribution in [2.24, 2.45) is 5.41 Å². The minimum Gasteiger partial charge on any atom is -0.465 e. The largest absolute Gasteiger partial charge is 0.465 e. The van der Waals surface area contributed by atoms with Gasteiger partial charge in [-0.2, -0.15) is 0 Å². The number of ether oxygens (including phenoxy) is 2. The van der Waals surface area contributed by atoms with E-state index in [4.69, 9.17) is 9.47 Å². The number of likely N-dealkylation sites (N-methyl/N-ethyl adjacent to an activating group) is 1. The first kappa shape index (κ1) is 18.2. The van der Waals surface area contributed by atoms with Gasteiger partial charge in [0.05, 0.1) is 13.2 Å². The Labute approximate surface area is 149 Å². The lowest BCUT2D eigenvalue weighted by molar-refractivity contribution is -0.0588. The lowest BCUT2D eigenvalue weighted by Crippen LogP contribution is -2.61. The second-order valence-corrected chi connectivity index (χ2v) is 8.36. The van der Waals surface area contributed by atoms with Gasteiger partial charge in [0.1, 0.15) is 0 Å². The highest BCUT2D eigenvalue weighted by molar-refractivity contribution is 5.66. The van der Waals surface area contributed by atoms with Gasteiger partial charge in [-0.15, -0.1) is 0 Å². The van der Waals surface area contributed by atoms with E-state index in [9.17, 15) is 9.90 Å². The van der Waals surface area contributed by atoms with Crippen LogP contribution in [0, 0.1) is 5.41 Å². The zero-order valence-electron chi connectivity index (χ0n) is 15.6. The molecule has 1 amide bonds. The molecule has 5 heteroatoms.